The molecule has 0 radical (unpaired) electrons. The van der Waals surface area contributed by atoms with E-state index in [1.807, 2.05) is 0 Å². The van der Waals surface area contributed by atoms with Crippen LogP contribution >= 0.6 is 11.8 Å². The zero-order chi connectivity index (χ0) is 21.7. The second-order valence-corrected chi connectivity index (χ2v) is 7.39. The number of amides is 1. The summed E-state index contributed by atoms with van der Waals surface area (Å²) in [6.45, 7) is 1.63. The smallest absolute Gasteiger partial charge is 0.339 e. The number of nitrogens with zero attached hydrogens (tertiary/aromatic N) is 2. The van der Waals surface area contributed by atoms with Gasteiger partial charge in [0.1, 0.15) is 5.75 Å². The monoisotopic (exact) mass is 429 g/mol. The second kappa shape index (κ2) is 9.31. The first-order valence-electron chi connectivity index (χ1n) is 8.83. The molecule has 30 heavy (non-hydrogen) atoms. The van der Waals surface area contributed by atoms with Crippen molar-refractivity contribution in [2.45, 2.75) is 17.2 Å². The van der Waals surface area contributed by atoms with Crippen LogP contribution in [0.5, 0.6) is 11.7 Å². The van der Waals surface area contributed by atoms with Crippen LogP contribution < -0.4 is 19.8 Å². The van der Waals surface area contributed by atoms with Crippen LogP contribution in [0.15, 0.2) is 58.1 Å². The summed E-state index contributed by atoms with van der Waals surface area (Å²) >= 11 is 0.990. The van der Waals surface area contributed by atoms with Gasteiger partial charge in [-0.05, 0) is 47.6 Å². The van der Waals surface area contributed by atoms with Crippen LogP contribution in [-0.4, -0.2) is 36.6 Å². The molecule has 1 amide bonds. The van der Waals surface area contributed by atoms with Crippen molar-refractivity contribution in [3.05, 3.63) is 54.1 Å². The number of benzene rings is 2. The highest BCUT2D eigenvalue weighted by atomic mass is 32.2. The average molecular weight is 429 g/mol. The first kappa shape index (κ1) is 21.2. The number of ether oxygens (including phenoxy) is 2. The standard InChI is InChI=1S/C20H19N3O6S/c1-12(17(24)21-16-7-5-4-6-15(16)19(25)28-3)30-18-20(26)29-22-23(18)13-8-10-14(27-2)11-9-13/h4-12H,1-3H3,(H-,21,22,24,25,26). The molecule has 1 atom stereocenters. The number of hydrogen-bond donors (Lipinski definition) is 1. The molecule has 2 aromatic carbocycles. The predicted octanol–water partition coefficient (Wildman–Crippen LogP) is 1.94. The maximum absolute atomic E-state index is 12.7. The number of anilines is 1. The Bertz CT molecular complexity index is 1050. The number of carbonyl (C=O) groups is 2. The van der Waals surface area contributed by atoms with E-state index in [2.05, 4.69) is 10.6 Å². The summed E-state index contributed by atoms with van der Waals surface area (Å²) in [7, 11) is 2.81. The lowest BCUT2D eigenvalue weighted by Gasteiger charge is -2.12. The quantitative estimate of drug-likeness (QED) is 0.344. The topological polar surface area (TPSA) is 118 Å². The molecular weight excluding hydrogens is 410 g/mol. The van der Waals surface area contributed by atoms with E-state index in [0.29, 0.717) is 17.1 Å². The Hall–Kier alpha value is -3.53. The fraction of sp³-hybridized carbons (Fsp3) is 0.200. The van der Waals surface area contributed by atoms with Gasteiger partial charge in [0.2, 0.25) is 11.6 Å². The van der Waals surface area contributed by atoms with Crippen molar-refractivity contribution in [3.8, 4) is 17.4 Å². The molecule has 1 aromatic heterocycles. The summed E-state index contributed by atoms with van der Waals surface area (Å²) in [5, 5.41) is 18.1. The SMILES string of the molecule is COC(=O)c1ccccc1NC(=O)C(C)Sc1c([O-])on[n+]1-c1ccc(OC)cc1. The number of nitrogens with one attached hydrogen (secondary N) is 1. The number of para-hydroxylation sites is 1. The van der Waals surface area contributed by atoms with E-state index in [1.165, 1.54) is 11.8 Å². The van der Waals surface area contributed by atoms with Gasteiger partial charge in [0.25, 0.3) is 5.03 Å². The zero-order valence-electron chi connectivity index (χ0n) is 16.4. The lowest BCUT2D eigenvalue weighted by Crippen LogP contribution is -2.36. The van der Waals surface area contributed by atoms with E-state index in [-0.39, 0.29) is 10.6 Å². The van der Waals surface area contributed by atoms with Crippen LogP contribution in [0.1, 0.15) is 17.3 Å². The summed E-state index contributed by atoms with van der Waals surface area (Å²) in [5.41, 5.74) is 1.12. The van der Waals surface area contributed by atoms with Gasteiger partial charge in [-0.2, -0.15) is 0 Å². The molecule has 0 aliphatic heterocycles. The molecule has 156 valence electrons. The highest BCUT2D eigenvalue weighted by Gasteiger charge is 2.27. The van der Waals surface area contributed by atoms with Gasteiger partial charge in [-0.3, -0.25) is 4.79 Å². The highest BCUT2D eigenvalue weighted by molar-refractivity contribution is 8.00. The highest BCUT2D eigenvalue weighted by Crippen LogP contribution is 2.28. The number of aromatic nitrogens is 2. The van der Waals surface area contributed by atoms with Crippen molar-refractivity contribution >= 4 is 29.3 Å². The van der Waals surface area contributed by atoms with E-state index in [4.69, 9.17) is 14.0 Å². The maximum Gasteiger partial charge on any atom is 0.339 e. The van der Waals surface area contributed by atoms with Crippen LogP contribution in [0.2, 0.25) is 0 Å². The largest absolute Gasteiger partial charge is 0.538 e. The molecule has 0 spiro atoms. The van der Waals surface area contributed by atoms with E-state index in [9.17, 15) is 14.7 Å². The van der Waals surface area contributed by atoms with Gasteiger partial charge in [0.15, 0.2) is 5.95 Å². The Morgan fingerprint density at radius 1 is 1.17 bits per heavy atom. The fourth-order valence-electron chi connectivity index (χ4n) is 2.56. The fourth-order valence-corrected chi connectivity index (χ4v) is 3.43. The van der Waals surface area contributed by atoms with Crippen molar-refractivity contribution in [2.24, 2.45) is 0 Å². The van der Waals surface area contributed by atoms with Gasteiger partial charge >= 0.3 is 5.97 Å². The van der Waals surface area contributed by atoms with E-state index in [0.717, 1.165) is 11.8 Å². The molecule has 1 heterocycles. The van der Waals surface area contributed by atoms with Gasteiger partial charge in [-0.1, -0.05) is 12.1 Å². The van der Waals surface area contributed by atoms with Crippen molar-refractivity contribution in [1.82, 2.24) is 5.27 Å². The van der Waals surface area contributed by atoms with E-state index in [1.54, 1.807) is 62.6 Å². The Morgan fingerprint density at radius 3 is 2.53 bits per heavy atom. The third-order valence-corrected chi connectivity index (χ3v) is 5.27. The molecule has 3 rings (SSSR count). The lowest BCUT2D eigenvalue weighted by atomic mass is 10.2. The van der Waals surface area contributed by atoms with Crippen LogP contribution in [0, 0.1) is 0 Å². The molecule has 10 heteroatoms. The molecule has 3 aromatic rings. The minimum absolute atomic E-state index is 0.143. The molecule has 0 saturated carbocycles. The molecule has 1 unspecified atom stereocenters. The Labute approximate surface area is 176 Å². The van der Waals surface area contributed by atoms with Gasteiger partial charge in [-0.25, -0.2) is 4.79 Å². The van der Waals surface area contributed by atoms with Crippen LogP contribution in [-0.2, 0) is 9.53 Å². The first-order valence-corrected chi connectivity index (χ1v) is 9.71. The number of thioether (sulfide) groups is 1. The first-order chi connectivity index (χ1) is 14.4. The summed E-state index contributed by atoms with van der Waals surface area (Å²) in [6, 6.07) is 13.4. The van der Waals surface area contributed by atoms with Gasteiger partial charge in [-0.15, -0.1) is 0 Å². The molecule has 0 bridgehead atoms. The zero-order valence-corrected chi connectivity index (χ0v) is 17.3. The third kappa shape index (κ3) is 4.54. The number of carbonyl (C=O) groups excluding carboxylic acids is 2. The average Bonchev–Trinajstić information content (AvgIpc) is 3.13. The van der Waals surface area contributed by atoms with Gasteiger partial charge < -0.3 is 24.4 Å². The molecule has 9 nitrogen and oxygen atoms in total. The number of hydrogen-bond acceptors (Lipinski definition) is 8. The molecular formula is C20H19N3O6S. The normalized spacial score (nSPS) is 11.6. The summed E-state index contributed by atoms with van der Waals surface area (Å²) in [5.74, 6) is -0.982. The molecule has 0 saturated heterocycles. The molecule has 0 aliphatic rings. The Morgan fingerprint density at radius 2 is 1.87 bits per heavy atom. The molecule has 0 aliphatic carbocycles. The van der Waals surface area contributed by atoms with Crippen LogP contribution in [0.3, 0.4) is 0 Å². The predicted molar refractivity (Wildman–Crippen MR) is 106 cm³/mol. The minimum Gasteiger partial charge on any atom is -0.538 e. The molecule has 0 fully saturated rings. The van der Waals surface area contributed by atoms with Crippen molar-refractivity contribution in [1.29, 1.82) is 0 Å². The van der Waals surface area contributed by atoms with Crippen LogP contribution in [0.25, 0.3) is 5.69 Å². The Kier molecular flexibility index (Phi) is 6.58. The van der Waals surface area contributed by atoms with E-state index < -0.39 is 23.1 Å². The van der Waals surface area contributed by atoms with E-state index >= 15 is 0 Å². The number of esters is 1. The maximum atomic E-state index is 12.7. The van der Waals surface area contributed by atoms with Gasteiger partial charge in [0, 0.05) is 12.1 Å². The summed E-state index contributed by atoms with van der Waals surface area (Å²) < 4.78 is 16.0. The van der Waals surface area contributed by atoms with Crippen molar-refractivity contribution in [3.63, 3.8) is 0 Å². The van der Waals surface area contributed by atoms with Crippen LogP contribution in [0.4, 0.5) is 5.69 Å². The third-order valence-electron chi connectivity index (χ3n) is 4.14. The number of rotatable bonds is 7. The number of methoxy groups -OCH3 is 2. The molecule has 1 N–H and O–H groups in total. The summed E-state index contributed by atoms with van der Waals surface area (Å²) in [4.78, 5) is 24.6. The lowest BCUT2D eigenvalue weighted by molar-refractivity contribution is -0.705. The Balaban J connectivity index is 1.78. The minimum atomic E-state index is -0.688. The second-order valence-electron chi connectivity index (χ2n) is 6.06. The summed E-state index contributed by atoms with van der Waals surface area (Å²) in [6.07, 6.45) is 0. The van der Waals surface area contributed by atoms with Crippen molar-refractivity contribution < 1.29 is 33.4 Å². The van der Waals surface area contributed by atoms with Crippen molar-refractivity contribution in [2.75, 3.05) is 19.5 Å². The van der Waals surface area contributed by atoms with Gasteiger partial charge in [0.05, 0.1) is 36.0 Å².